The molecule has 0 aliphatic carbocycles. The number of rotatable bonds is 6. The van der Waals surface area contributed by atoms with Gasteiger partial charge in [-0.15, -0.1) is 0 Å². The van der Waals surface area contributed by atoms with Gasteiger partial charge in [0.25, 0.3) is 0 Å². The lowest BCUT2D eigenvalue weighted by molar-refractivity contribution is -0.116. The molecule has 0 radical (unpaired) electrons. The second-order valence-electron chi connectivity index (χ2n) is 5.79. The van der Waals surface area contributed by atoms with Crippen molar-refractivity contribution in [2.45, 2.75) is 27.2 Å². The van der Waals surface area contributed by atoms with E-state index in [0.29, 0.717) is 16.4 Å². The summed E-state index contributed by atoms with van der Waals surface area (Å²) >= 11 is 6.08. The van der Waals surface area contributed by atoms with Gasteiger partial charge in [0, 0.05) is 12.6 Å². The van der Waals surface area contributed by atoms with Crippen LogP contribution < -0.4 is 15.4 Å². The van der Waals surface area contributed by atoms with E-state index in [2.05, 4.69) is 10.6 Å². The molecule has 0 unspecified atom stereocenters. The van der Waals surface area contributed by atoms with Crippen LogP contribution in [0.15, 0.2) is 36.4 Å². The summed E-state index contributed by atoms with van der Waals surface area (Å²) < 4.78 is 5.68. The Bertz CT molecular complexity index is 790. The van der Waals surface area contributed by atoms with E-state index in [4.69, 9.17) is 16.3 Å². The number of ether oxygens (including phenoxy) is 1. The number of anilines is 2. The van der Waals surface area contributed by atoms with Crippen molar-refractivity contribution < 1.29 is 14.3 Å². The minimum Gasteiger partial charge on any atom is -0.493 e. The Morgan fingerprint density at radius 1 is 1.08 bits per heavy atom. The van der Waals surface area contributed by atoms with Crippen molar-refractivity contribution in [2.24, 2.45) is 0 Å². The molecule has 0 aliphatic heterocycles. The highest BCUT2D eigenvalue weighted by atomic mass is 35.5. The molecule has 0 spiro atoms. The van der Waals surface area contributed by atoms with E-state index in [1.165, 1.54) is 6.92 Å². The summed E-state index contributed by atoms with van der Waals surface area (Å²) in [5, 5.41) is 5.73. The summed E-state index contributed by atoms with van der Waals surface area (Å²) in [7, 11) is 0. The molecule has 2 rings (SSSR count). The van der Waals surface area contributed by atoms with Crippen molar-refractivity contribution in [1.29, 1.82) is 0 Å². The van der Waals surface area contributed by atoms with Crippen molar-refractivity contribution in [2.75, 3.05) is 17.2 Å². The summed E-state index contributed by atoms with van der Waals surface area (Å²) in [6.45, 7) is 5.65. The van der Waals surface area contributed by atoms with Gasteiger partial charge in [0.15, 0.2) is 0 Å². The first-order chi connectivity index (χ1) is 11.8. The SMILES string of the molecule is CC(=O)Nc1ccc(NC(=O)CCOc2cc(C)ccc2C)cc1Cl. The highest BCUT2D eigenvalue weighted by molar-refractivity contribution is 6.34. The monoisotopic (exact) mass is 360 g/mol. The van der Waals surface area contributed by atoms with Crippen molar-refractivity contribution in [1.82, 2.24) is 0 Å². The van der Waals surface area contributed by atoms with E-state index >= 15 is 0 Å². The zero-order chi connectivity index (χ0) is 18.4. The van der Waals surface area contributed by atoms with Crippen LogP contribution in [-0.2, 0) is 9.59 Å². The maximum absolute atomic E-state index is 12.0. The van der Waals surface area contributed by atoms with E-state index in [9.17, 15) is 9.59 Å². The zero-order valence-corrected chi connectivity index (χ0v) is 15.2. The molecule has 0 bridgehead atoms. The van der Waals surface area contributed by atoms with E-state index < -0.39 is 0 Å². The summed E-state index contributed by atoms with van der Waals surface area (Å²) in [5.41, 5.74) is 3.21. The summed E-state index contributed by atoms with van der Waals surface area (Å²) in [4.78, 5) is 23.1. The summed E-state index contributed by atoms with van der Waals surface area (Å²) in [5.74, 6) is 0.409. The fraction of sp³-hybridized carbons (Fsp3) is 0.263. The number of hydrogen-bond donors (Lipinski definition) is 2. The molecule has 0 saturated heterocycles. The van der Waals surface area contributed by atoms with Gasteiger partial charge in [0.2, 0.25) is 11.8 Å². The minimum atomic E-state index is -0.206. The molecule has 2 aromatic carbocycles. The lowest BCUT2D eigenvalue weighted by Gasteiger charge is -2.11. The Morgan fingerprint density at radius 2 is 1.84 bits per heavy atom. The van der Waals surface area contributed by atoms with Crippen LogP contribution in [-0.4, -0.2) is 18.4 Å². The van der Waals surface area contributed by atoms with E-state index in [1.54, 1.807) is 18.2 Å². The Balaban J connectivity index is 1.87. The third kappa shape index (κ3) is 5.80. The summed E-state index contributed by atoms with van der Waals surface area (Å²) in [6, 6.07) is 10.9. The molecule has 0 aromatic heterocycles. The van der Waals surface area contributed by atoms with Crippen LogP contribution in [0.5, 0.6) is 5.75 Å². The van der Waals surface area contributed by atoms with Gasteiger partial charge in [-0.2, -0.15) is 0 Å². The predicted molar refractivity (Wildman–Crippen MR) is 100 cm³/mol. The van der Waals surface area contributed by atoms with Crippen LogP contribution in [0.25, 0.3) is 0 Å². The lowest BCUT2D eigenvalue weighted by atomic mass is 10.1. The molecule has 0 aliphatic rings. The first-order valence-corrected chi connectivity index (χ1v) is 8.30. The Kier molecular flexibility index (Phi) is 6.42. The van der Waals surface area contributed by atoms with Gasteiger partial charge < -0.3 is 15.4 Å². The third-order valence-corrected chi connectivity index (χ3v) is 3.81. The number of hydrogen-bond acceptors (Lipinski definition) is 3. The standard InChI is InChI=1S/C19H21ClN2O3/c1-12-4-5-13(2)18(10-12)25-9-8-19(24)22-15-6-7-17(16(20)11-15)21-14(3)23/h4-7,10-11H,8-9H2,1-3H3,(H,21,23)(H,22,24). The maximum Gasteiger partial charge on any atom is 0.227 e. The van der Waals surface area contributed by atoms with Crippen LogP contribution in [0.1, 0.15) is 24.5 Å². The first kappa shape index (κ1) is 18.8. The molecular formula is C19H21ClN2O3. The number of halogens is 1. The van der Waals surface area contributed by atoms with Gasteiger partial charge in [0.1, 0.15) is 5.75 Å². The topological polar surface area (TPSA) is 67.4 Å². The van der Waals surface area contributed by atoms with Gasteiger partial charge in [0.05, 0.1) is 23.7 Å². The van der Waals surface area contributed by atoms with Gasteiger partial charge in [-0.25, -0.2) is 0 Å². The van der Waals surface area contributed by atoms with Gasteiger partial charge in [-0.1, -0.05) is 23.7 Å². The van der Waals surface area contributed by atoms with E-state index in [1.807, 2.05) is 32.0 Å². The van der Waals surface area contributed by atoms with Crippen LogP contribution in [0.4, 0.5) is 11.4 Å². The molecule has 6 heteroatoms. The third-order valence-electron chi connectivity index (χ3n) is 3.49. The molecule has 0 atom stereocenters. The van der Waals surface area contributed by atoms with Gasteiger partial charge in [-0.05, 0) is 49.2 Å². The molecule has 0 fully saturated rings. The predicted octanol–water partition coefficient (Wildman–Crippen LogP) is 4.32. The first-order valence-electron chi connectivity index (χ1n) is 7.92. The second kappa shape index (κ2) is 8.53. The Morgan fingerprint density at radius 3 is 2.52 bits per heavy atom. The molecule has 0 heterocycles. The van der Waals surface area contributed by atoms with Crippen LogP contribution in [0.2, 0.25) is 5.02 Å². The number of carbonyl (C=O) groups is 2. The number of aryl methyl sites for hydroxylation is 2. The van der Waals surface area contributed by atoms with E-state index in [-0.39, 0.29) is 24.8 Å². The van der Waals surface area contributed by atoms with Crippen LogP contribution >= 0.6 is 11.6 Å². The van der Waals surface area contributed by atoms with Crippen molar-refractivity contribution in [3.63, 3.8) is 0 Å². The normalized spacial score (nSPS) is 10.2. The fourth-order valence-electron chi connectivity index (χ4n) is 2.22. The number of benzene rings is 2. The molecule has 5 nitrogen and oxygen atoms in total. The Hall–Kier alpha value is -2.53. The van der Waals surface area contributed by atoms with Crippen LogP contribution in [0, 0.1) is 13.8 Å². The molecule has 2 amide bonds. The number of carbonyl (C=O) groups excluding carboxylic acids is 2. The van der Waals surface area contributed by atoms with E-state index in [0.717, 1.165) is 16.9 Å². The van der Waals surface area contributed by atoms with Gasteiger partial charge in [-0.3, -0.25) is 9.59 Å². The molecule has 25 heavy (non-hydrogen) atoms. The average molecular weight is 361 g/mol. The molecule has 2 aromatic rings. The second-order valence-corrected chi connectivity index (χ2v) is 6.20. The maximum atomic E-state index is 12.0. The quantitative estimate of drug-likeness (QED) is 0.806. The average Bonchev–Trinajstić information content (AvgIpc) is 2.53. The largest absolute Gasteiger partial charge is 0.493 e. The molecule has 2 N–H and O–H groups in total. The lowest BCUT2D eigenvalue weighted by Crippen LogP contribution is -2.15. The van der Waals surface area contributed by atoms with Crippen molar-refractivity contribution >= 4 is 34.8 Å². The minimum absolute atomic E-state index is 0.173. The number of nitrogens with one attached hydrogen (secondary N) is 2. The van der Waals surface area contributed by atoms with Gasteiger partial charge >= 0.3 is 0 Å². The number of amides is 2. The summed E-state index contributed by atoms with van der Waals surface area (Å²) in [6.07, 6.45) is 0.221. The molecule has 132 valence electrons. The zero-order valence-electron chi connectivity index (χ0n) is 14.5. The van der Waals surface area contributed by atoms with Crippen LogP contribution in [0.3, 0.4) is 0 Å². The fourth-order valence-corrected chi connectivity index (χ4v) is 2.45. The Labute approximate surface area is 152 Å². The highest BCUT2D eigenvalue weighted by Crippen LogP contribution is 2.25. The molecular weight excluding hydrogens is 340 g/mol. The smallest absolute Gasteiger partial charge is 0.227 e. The molecule has 0 saturated carbocycles. The highest BCUT2D eigenvalue weighted by Gasteiger charge is 2.07. The van der Waals surface area contributed by atoms with Crippen molar-refractivity contribution in [3.8, 4) is 5.75 Å². The van der Waals surface area contributed by atoms with Crippen molar-refractivity contribution in [3.05, 3.63) is 52.5 Å².